The van der Waals surface area contributed by atoms with Gasteiger partial charge in [-0.25, -0.2) is 4.98 Å². The van der Waals surface area contributed by atoms with Crippen molar-refractivity contribution in [2.24, 2.45) is 4.99 Å². The Morgan fingerprint density at radius 3 is 2.15 bits per heavy atom. The highest BCUT2D eigenvalue weighted by molar-refractivity contribution is 14.0. The van der Waals surface area contributed by atoms with Gasteiger partial charge in [0, 0.05) is 19.2 Å². The van der Waals surface area contributed by atoms with Crippen molar-refractivity contribution >= 4 is 29.9 Å². The molecule has 0 unspecified atom stereocenters. The van der Waals surface area contributed by atoms with E-state index in [1.807, 2.05) is 24.3 Å². The summed E-state index contributed by atoms with van der Waals surface area (Å²) in [5.74, 6) is 1.36. The van der Waals surface area contributed by atoms with Crippen LogP contribution in [0.15, 0.2) is 64.2 Å². The van der Waals surface area contributed by atoms with Crippen LogP contribution >= 0.6 is 24.0 Å². The lowest BCUT2D eigenvalue weighted by Crippen LogP contribution is -2.36. The Kier molecular flexibility index (Phi) is 7.84. The third-order valence-electron chi connectivity index (χ3n) is 4.09. The van der Waals surface area contributed by atoms with Gasteiger partial charge in [0.2, 0.25) is 5.89 Å². The number of hydrogen-bond acceptors (Lipinski definition) is 3. The van der Waals surface area contributed by atoms with E-state index in [0.29, 0.717) is 19.0 Å². The number of benzene rings is 2. The van der Waals surface area contributed by atoms with Crippen LogP contribution in [0, 0.1) is 13.8 Å². The summed E-state index contributed by atoms with van der Waals surface area (Å²) in [6.07, 6.45) is 1.68. The fourth-order valence-corrected chi connectivity index (χ4v) is 2.50. The van der Waals surface area contributed by atoms with Crippen molar-refractivity contribution in [3.63, 3.8) is 0 Å². The molecule has 142 valence electrons. The molecule has 6 heteroatoms. The van der Waals surface area contributed by atoms with Crippen LogP contribution in [-0.4, -0.2) is 18.0 Å². The molecular formula is C21H25IN4O. The van der Waals surface area contributed by atoms with Crippen molar-refractivity contribution in [2.75, 3.05) is 7.05 Å². The van der Waals surface area contributed by atoms with Gasteiger partial charge in [-0.2, -0.15) is 0 Å². The molecule has 1 heterocycles. The van der Waals surface area contributed by atoms with E-state index in [1.165, 1.54) is 16.7 Å². The van der Waals surface area contributed by atoms with Crippen LogP contribution in [-0.2, 0) is 13.1 Å². The number of guanidine groups is 1. The van der Waals surface area contributed by atoms with E-state index < -0.39 is 0 Å². The maximum atomic E-state index is 5.59. The van der Waals surface area contributed by atoms with E-state index in [0.717, 1.165) is 17.2 Å². The molecule has 0 bridgehead atoms. The lowest BCUT2D eigenvalue weighted by molar-refractivity contribution is 0.572. The molecule has 0 aliphatic rings. The average Bonchev–Trinajstić information content (AvgIpc) is 3.13. The van der Waals surface area contributed by atoms with Crippen molar-refractivity contribution in [2.45, 2.75) is 26.9 Å². The highest BCUT2D eigenvalue weighted by Gasteiger charge is 2.07. The van der Waals surface area contributed by atoms with Gasteiger partial charge in [-0.1, -0.05) is 47.5 Å². The number of hydrogen-bond donors (Lipinski definition) is 2. The average molecular weight is 476 g/mol. The number of nitrogens with one attached hydrogen (secondary N) is 2. The van der Waals surface area contributed by atoms with Crippen LogP contribution < -0.4 is 10.6 Å². The minimum Gasteiger partial charge on any atom is -0.444 e. The van der Waals surface area contributed by atoms with Crippen LogP contribution in [0.5, 0.6) is 0 Å². The largest absolute Gasteiger partial charge is 0.444 e. The second-order valence-corrected chi connectivity index (χ2v) is 6.27. The van der Waals surface area contributed by atoms with Crippen molar-refractivity contribution in [3.05, 3.63) is 77.2 Å². The van der Waals surface area contributed by atoms with E-state index in [-0.39, 0.29) is 24.0 Å². The van der Waals surface area contributed by atoms with E-state index in [2.05, 4.69) is 58.7 Å². The van der Waals surface area contributed by atoms with E-state index in [4.69, 9.17) is 4.42 Å². The number of halogens is 1. The molecule has 2 N–H and O–H groups in total. The number of aromatic nitrogens is 1. The molecule has 0 amide bonds. The SMILES string of the molecule is CN=C(NCc1ccc(C)cc1)NCc1coc(-c2ccc(C)cc2)n1.I. The third-order valence-corrected chi connectivity index (χ3v) is 4.09. The van der Waals surface area contributed by atoms with Gasteiger partial charge >= 0.3 is 0 Å². The van der Waals surface area contributed by atoms with Gasteiger partial charge < -0.3 is 15.1 Å². The summed E-state index contributed by atoms with van der Waals surface area (Å²) in [5, 5.41) is 6.56. The summed E-state index contributed by atoms with van der Waals surface area (Å²) in [4.78, 5) is 8.78. The quantitative estimate of drug-likeness (QED) is 0.325. The lowest BCUT2D eigenvalue weighted by Gasteiger charge is -2.11. The molecule has 3 rings (SSSR count). The molecule has 0 aliphatic heterocycles. The van der Waals surface area contributed by atoms with Crippen LogP contribution in [0.1, 0.15) is 22.4 Å². The lowest BCUT2D eigenvalue weighted by atomic mass is 10.1. The third kappa shape index (κ3) is 6.09. The first-order valence-electron chi connectivity index (χ1n) is 8.65. The summed E-state index contributed by atoms with van der Waals surface area (Å²) >= 11 is 0. The van der Waals surface area contributed by atoms with Gasteiger partial charge in [0.05, 0.1) is 12.2 Å². The Hall–Kier alpha value is -2.35. The molecule has 0 radical (unpaired) electrons. The molecule has 0 aliphatic carbocycles. The number of rotatable bonds is 5. The van der Waals surface area contributed by atoms with Crippen LogP contribution in [0.25, 0.3) is 11.5 Å². The van der Waals surface area contributed by atoms with Gasteiger partial charge in [-0.3, -0.25) is 4.99 Å². The molecule has 3 aromatic rings. The van der Waals surface area contributed by atoms with E-state index >= 15 is 0 Å². The molecule has 0 atom stereocenters. The second-order valence-electron chi connectivity index (χ2n) is 6.27. The van der Waals surface area contributed by atoms with Gasteiger partial charge in [-0.15, -0.1) is 24.0 Å². The molecule has 0 saturated heterocycles. The minimum absolute atomic E-state index is 0. The summed E-state index contributed by atoms with van der Waals surface area (Å²) in [6, 6.07) is 16.6. The maximum Gasteiger partial charge on any atom is 0.226 e. The van der Waals surface area contributed by atoms with Gasteiger partial charge in [0.1, 0.15) is 6.26 Å². The fourth-order valence-electron chi connectivity index (χ4n) is 2.50. The number of oxazole rings is 1. The number of nitrogens with zero attached hydrogens (tertiary/aromatic N) is 2. The molecule has 5 nitrogen and oxygen atoms in total. The smallest absolute Gasteiger partial charge is 0.226 e. The van der Waals surface area contributed by atoms with Gasteiger partial charge in [0.25, 0.3) is 0 Å². The maximum absolute atomic E-state index is 5.59. The van der Waals surface area contributed by atoms with Crippen molar-refractivity contribution < 1.29 is 4.42 Å². The molecule has 27 heavy (non-hydrogen) atoms. The van der Waals surface area contributed by atoms with Gasteiger partial charge in [-0.05, 0) is 31.5 Å². The van der Waals surface area contributed by atoms with Crippen molar-refractivity contribution in [1.82, 2.24) is 15.6 Å². The highest BCUT2D eigenvalue weighted by atomic mass is 127. The number of aliphatic imine (C=N–C) groups is 1. The Balaban J connectivity index is 0.00000261. The Morgan fingerprint density at radius 1 is 0.926 bits per heavy atom. The van der Waals surface area contributed by atoms with Gasteiger partial charge in [0.15, 0.2) is 5.96 Å². The zero-order valence-corrected chi connectivity index (χ0v) is 18.2. The standard InChI is InChI=1S/C21H24N4O.HI/c1-15-4-8-17(9-5-15)12-23-21(22-3)24-13-19-14-26-20(25-19)18-10-6-16(2)7-11-18;/h4-11,14H,12-13H2,1-3H3,(H2,22,23,24);1H. The molecule has 2 aromatic carbocycles. The predicted molar refractivity (Wildman–Crippen MR) is 120 cm³/mol. The highest BCUT2D eigenvalue weighted by Crippen LogP contribution is 2.18. The Morgan fingerprint density at radius 2 is 1.52 bits per heavy atom. The van der Waals surface area contributed by atoms with Crippen molar-refractivity contribution in [3.8, 4) is 11.5 Å². The first kappa shape index (κ1) is 21.0. The molecule has 0 spiro atoms. The van der Waals surface area contributed by atoms with Crippen LogP contribution in [0.2, 0.25) is 0 Å². The van der Waals surface area contributed by atoms with E-state index in [1.54, 1.807) is 13.3 Å². The second kappa shape index (κ2) is 10.1. The fraction of sp³-hybridized carbons (Fsp3) is 0.238. The van der Waals surface area contributed by atoms with E-state index in [9.17, 15) is 0 Å². The monoisotopic (exact) mass is 476 g/mol. The summed E-state index contributed by atoms with van der Waals surface area (Å²) in [5.41, 5.74) is 5.49. The van der Waals surface area contributed by atoms with Crippen molar-refractivity contribution in [1.29, 1.82) is 0 Å². The normalized spacial score (nSPS) is 11.0. The Bertz CT molecular complexity index is 870. The summed E-state index contributed by atoms with van der Waals surface area (Å²) in [6.45, 7) is 5.40. The molecule has 0 fully saturated rings. The summed E-state index contributed by atoms with van der Waals surface area (Å²) < 4.78 is 5.59. The summed E-state index contributed by atoms with van der Waals surface area (Å²) in [7, 11) is 1.75. The molecular weight excluding hydrogens is 451 g/mol. The first-order valence-corrected chi connectivity index (χ1v) is 8.65. The number of aryl methyl sites for hydroxylation is 2. The predicted octanol–water partition coefficient (Wildman–Crippen LogP) is 4.44. The Labute approximate surface area is 177 Å². The topological polar surface area (TPSA) is 62.5 Å². The molecule has 1 aromatic heterocycles. The van der Waals surface area contributed by atoms with Crippen LogP contribution in [0.3, 0.4) is 0 Å². The zero-order chi connectivity index (χ0) is 18.4. The minimum atomic E-state index is 0. The zero-order valence-electron chi connectivity index (χ0n) is 15.8. The van der Waals surface area contributed by atoms with Crippen LogP contribution in [0.4, 0.5) is 0 Å². The molecule has 0 saturated carbocycles. The first-order chi connectivity index (χ1) is 12.6.